The fourth-order valence-electron chi connectivity index (χ4n) is 2.83. The molecule has 0 amide bonds. The van der Waals surface area contributed by atoms with Crippen molar-refractivity contribution in [2.24, 2.45) is 4.99 Å². The Balaban J connectivity index is 0.00000625. The van der Waals surface area contributed by atoms with E-state index in [2.05, 4.69) is 48.2 Å². The normalized spacial score (nSPS) is 13.1. The van der Waals surface area contributed by atoms with Gasteiger partial charge in [-0.1, -0.05) is 29.8 Å². The molecule has 0 aliphatic heterocycles. The summed E-state index contributed by atoms with van der Waals surface area (Å²) in [6, 6.07) is 8.98. The topological polar surface area (TPSA) is 59.9 Å². The molecule has 0 aliphatic carbocycles. The molecule has 5 nitrogen and oxygen atoms in total. The van der Waals surface area contributed by atoms with Gasteiger partial charge in [-0.2, -0.15) is 0 Å². The lowest BCUT2D eigenvalue weighted by atomic mass is 10.1. The van der Waals surface area contributed by atoms with Crippen molar-refractivity contribution in [3.8, 4) is 0 Å². The zero-order chi connectivity index (χ0) is 18.8. The number of hydrogen-bond acceptors (Lipinski definition) is 3. The highest BCUT2D eigenvalue weighted by molar-refractivity contribution is 14.0. The second kappa shape index (κ2) is 13.3. The van der Waals surface area contributed by atoms with E-state index in [-0.39, 0.29) is 24.0 Å². The summed E-state index contributed by atoms with van der Waals surface area (Å²) in [5.41, 5.74) is 2.09. The van der Waals surface area contributed by atoms with Crippen molar-refractivity contribution in [1.82, 2.24) is 15.5 Å². The Labute approximate surface area is 176 Å². The van der Waals surface area contributed by atoms with E-state index in [1.807, 2.05) is 38.1 Å². The Morgan fingerprint density at radius 2 is 1.65 bits per heavy atom. The van der Waals surface area contributed by atoms with Gasteiger partial charge in [0, 0.05) is 31.7 Å². The average Bonchev–Trinajstić information content (AvgIpc) is 2.56. The molecule has 0 radical (unpaired) electrons. The van der Waals surface area contributed by atoms with E-state index in [1.54, 1.807) is 0 Å². The summed E-state index contributed by atoms with van der Waals surface area (Å²) in [5, 5.41) is 16.9. The predicted molar refractivity (Wildman–Crippen MR) is 123 cm³/mol. The van der Waals surface area contributed by atoms with E-state index in [1.165, 1.54) is 5.56 Å². The van der Waals surface area contributed by atoms with Crippen LogP contribution in [0.1, 0.15) is 51.8 Å². The second-order valence-corrected chi connectivity index (χ2v) is 7.00. The monoisotopic (exact) mass is 476 g/mol. The van der Waals surface area contributed by atoms with Crippen LogP contribution in [0.3, 0.4) is 0 Å². The van der Waals surface area contributed by atoms with Crippen LogP contribution in [0.25, 0.3) is 0 Å². The molecule has 1 rings (SSSR count). The lowest BCUT2D eigenvalue weighted by molar-refractivity contribution is 0.178. The fourth-order valence-corrected chi connectivity index (χ4v) is 2.83. The lowest BCUT2D eigenvalue weighted by Crippen LogP contribution is -2.45. The van der Waals surface area contributed by atoms with Crippen molar-refractivity contribution < 1.29 is 5.11 Å². The number of aliphatic hydroxyl groups is 1. The molecule has 0 saturated carbocycles. The number of rotatable bonds is 9. The Bertz CT molecular complexity index is 509. The molecule has 0 spiro atoms. The molecule has 1 aromatic rings. The predicted octanol–water partition coefficient (Wildman–Crippen LogP) is 3.32. The standard InChI is InChI=1S/C20H36N4O.HI/c1-7-21-20(22-12-13-24(15(2)3)16(4)5)23-14-19(25)18-10-8-17(6)9-11-18;/h8-11,15-16,19,25H,7,12-14H2,1-6H3,(H2,21,22,23);1H. The SMILES string of the molecule is CCNC(=NCC(O)c1ccc(C)cc1)NCCN(C(C)C)C(C)C.I. The summed E-state index contributed by atoms with van der Waals surface area (Å²) in [4.78, 5) is 6.97. The number of benzene rings is 1. The molecule has 0 aromatic heterocycles. The van der Waals surface area contributed by atoms with Crippen LogP contribution in [0, 0.1) is 6.92 Å². The minimum absolute atomic E-state index is 0. The van der Waals surface area contributed by atoms with Gasteiger partial charge in [0.25, 0.3) is 0 Å². The number of nitrogens with zero attached hydrogens (tertiary/aromatic N) is 2. The van der Waals surface area contributed by atoms with Gasteiger partial charge in [0.2, 0.25) is 0 Å². The quantitative estimate of drug-likeness (QED) is 0.291. The van der Waals surface area contributed by atoms with Gasteiger partial charge in [-0.25, -0.2) is 0 Å². The van der Waals surface area contributed by atoms with Crippen LogP contribution >= 0.6 is 24.0 Å². The zero-order valence-electron chi connectivity index (χ0n) is 17.1. The van der Waals surface area contributed by atoms with E-state index in [0.717, 1.165) is 31.2 Å². The molecule has 0 saturated heterocycles. The van der Waals surface area contributed by atoms with Gasteiger partial charge in [0.05, 0.1) is 12.6 Å². The Hall–Kier alpha value is -0.860. The van der Waals surface area contributed by atoms with Gasteiger partial charge < -0.3 is 15.7 Å². The molecule has 0 aliphatic rings. The van der Waals surface area contributed by atoms with Crippen molar-refractivity contribution >= 4 is 29.9 Å². The highest BCUT2D eigenvalue weighted by atomic mass is 127. The molecule has 0 fully saturated rings. The molecule has 1 unspecified atom stereocenters. The zero-order valence-corrected chi connectivity index (χ0v) is 19.5. The van der Waals surface area contributed by atoms with Crippen LogP contribution < -0.4 is 10.6 Å². The fraction of sp³-hybridized carbons (Fsp3) is 0.650. The van der Waals surface area contributed by atoms with Gasteiger partial charge in [-0.3, -0.25) is 9.89 Å². The number of aliphatic imine (C=N–C) groups is 1. The lowest BCUT2D eigenvalue weighted by Gasteiger charge is -2.30. The molecule has 26 heavy (non-hydrogen) atoms. The van der Waals surface area contributed by atoms with Gasteiger partial charge in [-0.15, -0.1) is 24.0 Å². The van der Waals surface area contributed by atoms with E-state index in [0.29, 0.717) is 18.6 Å². The van der Waals surface area contributed by atoms with Crippen molar-refractivity contribution in [3.05, 3.63) is 35.4 Å². The summed E-state index contributed by atoms with van der Waals surface area (Å²) in [6.45, 7) is 15.9. The number of guanidine groups is 1. The van der Waals surface area contributed by atoms with Gasteiger partial charge in [-0.05, 0) is 47.1 Å². The number of nitrogens with one attached hydrogen (secondary N) is 2. The first-order valence-corrected chi connectivity index (χ1v) is 9.37. The van der Waals surface area contributed by atoms with Crippen LogP contribution in [-0.4, -0.2) is 54.2 Å². The molecule has 3 N–H and O–H groups in total. The Morgan fingerprint density at radius 1 is 1.08 bits per heavy atom. The van der Waals surface area contributed by atoms with E-state index in [9.17, 15) is 5.11 Å². The number of aliphatic hydroxyl groups excluding tert-OH is 1. The third-order valence-electron chi connectivity index (χ3n) is 4.22. The first-order chi connectivity index (χ1) is 11.8. The maximum Gasteiger partial charge on any atom is 0.191 e. The molecule has 0 heterocycles. The molecule has 1 atom stereocenters. The third-order valence-corrected chi connectivity index (χ3v) is 4.22. The van der Waals surface area contributed by atoms with Crippen molar-refractivity contribution in [1.29, 1.82) is 0 Å². The minimum atomic E-state index is -0.584. The Morgan fingerprint density at radius 3 is 2.15 bits per heavy atom. The smallest absolute Gasteiger partial charge is 0.191 e. The molecular weight excluding hydrogens is 439 g/mol. The highest BCUT2D eigenvalue weighted by Crippen LogP contribution is 2.13. The van der Waals surface area contributed by atoms with Crippen LogP contribution in [-0.2, 0) is 0 Å². The largest absolute Gasteiger partial charge is 0.386 e. The molecule has 1 aromatic carbocycles. The van der Waals surface area contributed by atoms with Crippen molar-refractivity contribution in [3.63, 3.8) is 0 Å². The molecule has 6 heteroatoms. The van der Waals surface area contributed by atoms with Crippen LogP contribution in [0.15, 0.2) is 29.3 Å². The summed E-state index contributed by atoms with van der Waals surface area (Å²) >= 11 is 0. The van der Waals surface area contributed by atoms with E-state index >= 15 is 0 Å². The summed E-state index contributed by atoms with van der Waals surface area (Å²) in [5.74, 6) is 0.751. The van der Waals surface area contributed by atoms with Crippen LogP contribution in [0.4, 0.5) is 0 Å². The number of aryl methyl sites for hydroxylation is 1. The maximum absolute atomic E-state index is 10.3. The van der Waals surface area contributed by atoms with Gasteiger partial charge >= 0.3 is 0 Å². The minimum Gasteiger partial charge on any atom is -0.386 e. The highest BCUT2D eigenvalue weighted by Gasteiger charge is 2.13. The van der Waals surface area contributed by atoms with Crippen molar-refractivity contribution in [2.75, 3.05) is 26.2 Å². The van der Waals surface area contributed by atoms with Crippen LogP contribution in [0.5, 0.6) is 0 Å². The van der Waals surface area contributed by atoms with E-state index < -0.39 is 6.10 Å². The maximum atomic E-state index is 10.3. The van der Waals surface area contributed by atoms with Crippen LogP contribution in [0.2, 0.25) is 0 Å². The summed E-state index contributed by atoms with van der Waals surface area (Å²) in [6.07, 6.45) is -0.584. The summed E-state index contributed by atoms with van der Waals surface area (Å²) in [7, 11) is 0. The van der Waals surface area contributed by atoms with Gasteiger partial charge in [0.1, 0.15) is 0 Å². The number of hydrogen-bond donors (Lipinski definition) is 3. The first-order valence-electron chi connectivity index (χ1n) is 9.37. The van der Waals surface area contributed by atoms with Gasteiger partial charge in [0.15, 0.2) is 5.96 Å². The number of halogens is 1. The molecule has 150 valence electrons. The van der Waals surface area contributed by atoms with E-state index in [4.69, 9.17) is 0 Å². The Kier molecular flexibility index (Phi) is 12.9. The third kappa shape index (κ3) is 9.19. The molecule has 0 bridgehead atoms. The first kappa shape index (κ1) is 25.1. The molecular formula is C20H37IN4O. The summed E-state index contributed by atoms with van der Waals surface area (Å²) < 4.78 is 0. The van der Waals surface area contributed by atoms with Crippen molar-refractivity contribution in [2.45, 2.75) is 59.7 Å². The average molecular weight is 476 g/mol. The second-order valence-electron chi connectivity index (χ2n) is 7.00.